The van der Waals surface area contributed by atoms with Crippen LogP contribution in [0.3, 0.4) is 0 Å². The summed E-state index contributed by atoms with van der Waals surface area (Å²) in [6.07, 6.45) is -1.46. The Balaban J connectivity index is 1.46. The van der Waals surface area contributed by atoms with Gasteiger partial charge in [0, 0.05) is 36.5 Å². The van der Waals surface area contributed by atoms with Gasteiger partial charge in [-0.25, -0.2) is 19.5 Å². The van der Waals surface area contributed by atoms with Gasteiger partial charge in [0.25, 0.3) is 15.9 Å². The first kappa shape index (κ1) is 29.1. The molecule has 0 bridgehead atoms. The lowest BCUT2D eigenvalue weighted by molar-refractivity contribution is -0.384. The van der Waals surface area contributed by atoms with Gasteiger partial charge in [-0.15, -0.1) is 11.8 Å². The van der Waals surface area contributed by atoms with Gasteiger partial charge in [0.2, 0.25) is 5.91 Å². The van der Waals surface area contributed by atoms with Crippen molar-refractivity contribution in [3.8, 4) is 0 Å². The number of nitrogens with one attached hydrogen (secondary N) is 1. The summed E-state index contributed by atoms with van der Waals surface area (Å²) in [5.74, 6) is -2.51. The number of carboxylic acid groups (broad SMARTS) is 1. The fraction of sp³-hybridized carbons (Fsp3) is 0.476. The van der Waals surface area contributed by atoms with E-state index >= 15 is 0 Å². The third kappa shape index (κ3) is 6.30. The van der Waals surface area contributed by atoms with Crippen LogP contribution in [-0.4, -0.2) is 87.2 Å². The Hall–Kier alpha value is -2.90. The SMILES string of the molecule is CC(O)[C@H]1C(=O)N2C(C(=O)O)=C(S[C@@H]3C[C@H](CNS(N)(=O)=O)N(C(=O)OCc4ccc([N+](=O)[O-])cc4)C3)S[C@H]12. The predicted molar refractivity (Wildman–Crippen MR) is 139 cm³/mol. The largest absolute Gasteiger partial charge is 0.477 e. The first-order valence-corrected chi connectivity index (χ1v) is 14.8. The zero-order chi connectivity index (χ0) is 28.6. The second-order valence-electron chi connectivity index (χ2n) is 9.08. The van der Waals surface area contributed by atoms with Crippen LogP contribution in [0.2, 0.25) is 0 Å². The predicted octanol–water partition coefficient (Wildman–Crippen LogP) is 0.366. The molecule has 0 aliphatic carbocycles. The number of nitrogens with zero attached hydrogens (tertiary/aromatic N) is 3. The molecule has 0 radical (unpaired) electrons. The zero-order valence-electron chi connectivity index (χ0n) is 20.3. The molecule has 18 heteroatoms. The van der Waals surface area contributed by atoms with Gasteiger partial charge in [0.1, 0.15) is 12.0 Å². The lowest BCUT2D eigenvalue weighted by atomic mass is 9.92. The Bertz CT molecular complexity index is 1320. The molecule has 2 saturated heterocycles. The summed E-state index contributed by atoms with van der Waals surface area (Å²) < 4.78 is 30.8. The Morgan fingerprint density at radius 2 is 2.03 bits per heavy atom. The van der Waals surface area contributed by atoms with E-state index in [0.29, 0.717) is 9.80 Å². The Morgan fingerprint density at radius 3 is 2.59 bits per heavy atom. The number of fused-ring (bicyclic) bond motifs is 1. The highest BCUT2D eigenvalue weighted by Gasteiger charge is 2.58. The monoisotopic (exact) mass is 603 g/mol. The summed E-state index contributed by atoms with van der Waals surface area (Å²) in [4.78, 5) is 50.1. The Morgan fingerprint density at radius 1 is 1.36 bits per heavy atom. The number of carbonyl (C=O) groups is 3. The van der Waals surface area contributed by atoms with Crippen LogP contribution in [0.15, 0.2) is 34.2 Å². The van der Waals surface area contributed by atoms with E-state index in [-0.39, 0.29) is 42.8 Å². The summed E-state index contributed by atoms with van der Waals surface area (Å²) in [6.45, 7) is 1.14. The summed E-state index contributed by atoms with van der Waals surface area (Å²) >= 11 is 2.31. The number of carbonyl (C=O) groups excluding carboxylic acids is 2. The fourth-order valence-electron chi connectivity index (χ4n) is 4.51. The molecule has 2 fully saturated rings. The molecule has 2 amide bonds. The molecule has 5 N–H and O–H groups in total. The number of aliphatic hydroxyl groups is 1. The second-order valence-corrected chi connectivity index (χ2v) is 13.2. The van der Waals surface area contributed by atoms with E-state index in [1.54, 1.807) is 0 Å². The van der Waals surface area contributed by atoms with Crippen LogP contribution in [0.5, 0.6) is 0 Å². The summed E-state index contributed by atoms with van der Waals surface area (Å²) in [7, 11) is -4.06. The average molecular weight is 604 g/mol. The Kier molecular flexibility index (Phi) is 8.43. The summed E-state index contributed by atoms with van der Waals surface area (Å²) in [5.41, 5.74) is 0.193. The Labute approximate surface area is 231 Å². The van der Waals surface area contributed by atoms with Crippen molar-refractivity contribution in [3.63, 3.8) is 0 Å². The first-order valence-electron chi connectivity index (χ1n) is 11.5. The minimum Gasteiger partial charge on any atom is -0.477 e. The number of ether oxygens (including phenoxy) is 1. The van der Waals surface area contributed by atoms with E-state index in [4.69, 9.17) is 9.88 Å². The van der Waals surface area contributed by atoms with E-state index < -0.39 is 56.5 Å². The van der Waals surface area contributed by atoms with Crippen molar-refractivity contribution in [1.29, 1.82) is 0 Å². The molecule has 0 saturated carbocycles. The molecule has 39 heavy (non-hydrogen) atoms. The fourth-order valence-corrected chi connectivity index (χ4v) is 8.34. The third-order valence-electron chi connectivity index (χ3n) is 6.38. The van der Waals surface area contributed by atoms with Gasteiger partial charge in [0.15, 0.2) is 5.70 Å². The molecular weight excluding hydrogens is 578 g/mol. The molecule has 4 rings (SSSR count). The van der Waals surface area contributed by atoms with Crippen molar-refractivity contribution in [2.45, 2.75) is 42.7 Å². The molecule has 5 atom stereocenters. The molecule has 212 valence electrons. The van der Waals surface area contributed by atoms with Gasteiger partial charge in [-0.1, -0.05) is 11.8 Å². The van der Waals surface area contributed by atoms with E-state index in [2.05, 4.69) is 4.72 Å². The highest BCUT2D eigenvalue weighted by molar-refractivity contribution is 8.23. The molecule has 3 aliphatic rings. The zero-order valence-corrected chi connectivity index (χ0v) is 22.8. The van der Waals surface area contributed by atoms with E-state index in [1.165, 1.54) is 36.1 Å². The number of nitrogens with two attached hydrogens (primary N) is 1. The van der Waals surface area contributed by atoms with Crippen LogP contribution >= 0.6 is 23.5 Å². The standard InChI is InChI=1S/C21H25N5O10S3/c1-10(27)15-17(28)25-16(19(29)30)20(38-18(15)25)37-14-6-13(7-23-39(22,34)35)24(8-14)21(31)36-9-11-2-4-12(5-3-11)26(32)33/h2-5,10,13-15,18,23,27H,6-9H2,1H3,(H,29,30)(H2,22,34,35)/t10?,13-,14-,15+,18-/m1/s1. The third-order valence-corrected chi connectivity index (χ3v) is 9.76. The van der Waals surface area contributed by atoms with Gasteiger partial charge in [-0.3, -0.25) is 19.8 Å². The molecule has 1 aromatic rings. The van der Waals surface area contributed by atoms with Crippen LogP contribution in [0, 0.1) is 16.0 Å². The molecule has 15 nitrogen and oxygen atoms in total. The van der Waals surface area contributed by atoms with Crippen LogP contribution < -0.4 is 9.86 Å². The molecule has 1 unspecified atom stereocenters. The number of hydrogen-bond acceptors (Lipinski definition) is 11. The van der Waals surface area contributed by atoms with E-state index in [9.17, 15) is 43.1 Å². The quantitative estimate of drug-likeness (QED) is 0.162. The number of likely N-dealkylation sites (tertiary alicyclic amines) is 1. The molecule has 3 heterocycles. The first-order chi connectivity index (χ1) is 18.3. The molecular formula is C21H25N5O10S3. The maximum Gasteiger partial charge on any atom is 0.410 e. The highest BCUT2D eigenvalue weighted by Crippen LogP contribution is 2.55. The molecule has 0 aromatic heterocycles. The number of carboxylic acids is 1. The average Bonchev–Trinajstić information content (AvgIpc) is 3.40. The number of non-ortho nitro benzene ring substituents is 1. The molecule has 1 aromatic carbocycles. The highest BCUT2D eigenvalue weighted by atomic mass is 32.2. The number of aliphatic carboxylic acids is 1. The van der Waals surface area contributed by atoms with E-state index in [0.717, 1.165) is 28.4 Å². The van der Waals surface area contributed by atoms with Crippen molar-refractivity contribution in [2.24, 2.45) is 11.1 Å². The van der Waals surface area contributed by atoms with Gasteiger partial charge in [-0.05, 0) is 31.0 Å². The van der Waals surface area contributed by atoms with Crippen molar-refractivity contribution in [2.75, 3.05) is 13.1 Å². The van der Waals surface area contributed by atoms with Crippen molar-refractivity contribution in [3.05, 3.63) is 49.9 Å². The number of benzene rings is 1. The van der Waals surface area contributed by atoms with Crippen LogP contribution in [-0.2, 0) is 31.1 Å². The smallest absolute Gasteiger partial charge is 0.410 e. The van der Waals surface area contributed by atoms with Gasteiger partial charge >= 0.3 is 12.1 Å². The van der Waals surface area contributed by atoms with Gasteiger partial charge in [0.05, 0.1) is 21.2 Å². The topological polar surface area (TPSA) is 223 Å². The number of rotatable bonds is 10. The van der Waals surface area contributed by atoms with Crippen molar-refractivity contribution >= 4 is 57.4 Å². The lowest BCUT2D eigenvalue weighted by Gasteiger charge is -2.43. The number of aliphatic hydroxyl groups excluding tert-OH is 1. The number of thioether (sulfide) groups is 2. The van der Waals surface area contributed by atoms with Crippen LogP contribution in [0.25, 0.3) is 0 Å². The second kappa shape index (κ2) is 11.3. The van der Waals surface area contributed by atoms with Gasteiger partial charge < -0.3 is 19.8 Å². The van der Waals surface area contributed by atoms with Gasteiger partial charge in [-0.2, -0.15) is 8.42 Å². The lowest BCUT2D eigenvalue weighted by Crippen LogP contribution is -2.60. The molecule has 0 spiro atoms. The van der Waals surface area contributed by atoms with Crippen molar-refractivity contribution < 1.29 is 42.7 Å². The van der Waals surface area contributed by atoms with Crippen LogP contribution in [0.4, 0.5) is 10.5 Å². The van der Waals surface area contributed by atoms with E-state index in [1.807, 2.05) is 0 Å². The van der Waals surface area contributed by atoms with Crippen molar-refractivity contribution in [1.82, 2.24) is 14.5 Å². The number of amides is 2. The maximum absolute atomic E-state index is 12.9. The number of hydrogen-bond donors (Lipinski definition) is 4. The molecule has 3 aliphatic heterocycles. The van der Waals surface area contributed by atoms with Crippen LogP contribution in [0.1, 0.15) is 18.9 Å². The minimum atomic E-state index is -4.06. The normalized spacial score (nSPS) is 25.4. The minimum absolute atomic E-state index is 0.0795. The summed E-state index contributed by atoms with van der Waals surface area (Å²) in [5, 5.41) is 34.6. The number of nitro groups is 1. The number of β-lactam (4-membered cyclic amide) rings is 1. The maximum atomic E-state index is 12.9. The number of nitro benzene ring substituents is 1. The summed E-state index contributed by atoms with van der Waals surface area (Å²) in [6, 6.07) is 4.75.